The summed E-state index contributed by atoms with van der Waals surface area (Å²) in [7, 11) is 1.48. The maximum absolute atomic E-state index is 12.7. The molecule has 2 nitrogen and oxygen atoms in total. The van der Waals surface area contributed by atoms with Gasteiger partial charge in [0.05, 0.1) is 15.6 Å². The minimum atomic E-state index is -0.285. The molecule has 0 saturated heterocycles. The Labute approximate surface area is 748 Å². The van der Waals surface area contributed by atoms with Gasteiger partial charge in [0, 0.05) is 73.2 Å². The van der Waals surface area contributed by atoms with Crippen LogP contribution in [0.4, 0.5) is 0 Å². The molecule has 11 heteroatoms. The third kappa shape index (κ3) is 27.0. The zero-order valence-corrected chi connectivity index (χ0v) is 83.5. The highest BCUT2D eigenvalue weighted by atomic mass is 127. The van der Waals surface area contributed by atoms with E-state index in [-0.39, 0.29) is 5.97 Å². The van der Waals surface area contributed by atoms with Crippen LogP contribution in [0.1, 0.15) is 371 Å². The molecule has 634 valence electrons. The first-order valence-electron chi connectivity index (χ1n) is 46.9. The number of benzene rings is 1. The number of unbranched alkanes of at least 4 members (excludes halogenated alkanes) is 8. The summed E-state index contributed by atoms with van der Waals surface area (Å²) < 4.78 is 6.68. The SMILES string of the molecule is CCCCC(CC)Cc1cc(-c2sc(-c3sc(-c4sc(-c5sc(-c6sc(-c7sc(-c8sc(-c9ccc(C(=O)OC)cc9)cc8CC(CC)CCCC)cc7CC(CC)CCCC)cc6CC(CC)CCCC)cc5CC(CC)CCCC)cc4CC(CC)CCCC)cc3CC(CC)CCCC)cc2CC(CC)CCCC)sc1I. The number of hydrogen-bond donors (Lipinski definition) is 0. The minimum absolute atomic E-state index is 0.285. The van der Waals surface area contributed by atoms with Gasteiger partial charge < -0.3 is 4.74 Å². The molecule has 8 aromatic heterocycles. The van der Waals surface area contributed by atoms with Gasteiger partial charge in [-0.3, -0.25) is 0 Å². The van der Waals surface area contributed by atoms with E-state index in [4.69, 9.17) is 4.74 Å². The maximum atomic E-state index is 12.7. The van der Waals surface area contributed by atoms with Crippen molar-refractivity contribution in [1.29, 1.82) is 0 Å². The quantitative estimate of drug-likeness (QED) is 0.0281. The molecule has 0 amide bonds. The second kappa shape index (κ2) is 50.6. The van der Waals surface area contributed by atoms with Crippen molar-refractivity contribution in [3.63, 3.8) is 0 Å². The van der Waals surface area contributed by atoms with Crippen LogP contribution in [0.3, 0.4) is 0 Å². The van der Waals surface area contributed by atoms with E-state index >= 15 is 0 Å². The van der Waals surface area contributed by atoms with Gasteiger partial charge in [-0.25, -0.2) is 4.79 Å². The van der Waals surface area contributed by atoms with Crippen molar-refractivity contribution in [2.45, 2.75) is 368 Å². The number of ether oxygens (including phenoxy) is 1. The van der Waals surface area contributed by atoms with Gasteiger partial charge in [0.25, 0.3) is 0 Å². The smallest absolute Gasteiger partial charge is 0.337 e. The summed E-state index contributed by atoms with van der Waals surface area (Å²) in [6, 6.07) is 29.9. The fraction of sp³-hybridized carbons (Fsp3) is 0.625. The number of carbonyl (C=O) groups excluding carboxylic acids is 1. The molecular weight excluding hydrogens is 1660 g/mol. The Kier molecular flexibility index (Phi) is 42.1. The summed E-state index contributed by atoms with van der Waals surface area (Å²) in [6.45, 7) is 38.7. The molecule has 8 atom stereocenters. The molecule has 9 rings (SSSR count). The summed E-state index contributed by atoms with van der Waals surface area (Å²) in [6.07, 6.45) is 49.7. The zero-order chi connectivity index (χ0) is 82.3. The maximum Gasteiger partial charge on any atom is 0.337 e. The Morgan fingerprint density at radius 3 is 0.652 bits per heavy atom. The molecule has 0 fully saturated rings. The fourth-order valence-electron chi connectivity index (χ4n) is 17.9. The molecule has 1 aromatic carbocycles. The first-order valence-corrected chi connectivity index (χ1v) is 54.5. The van der Waals surface area contributed by atoms with Crippen molar-refractivity contribution in [2.24, 2.45) is 47.3 Å². The summed E-state index contributed by atoms with van der Waals surface area (Å²) >= 11 is 19.7. The molecule has 115 heavy (non-hydrogen) atoms. The van der Waals surface area contributed by atoms with E-state index in [1.165, 1.54) is 288 Å². The van der Waals surface area contributed by atoms with Gasteiger partial charge in [-0.2, -0.15) is 0 Å². The Balaban J connectivity index is 1.26. The number of rotatable bonds is 57. The van der Waals surface area contributed by atoms with Crippen molar-refractivity contribution >= 4 is 119 Å². The van der Waals surface area contributed by atoms with E-state index in [0.717, 1.165) is 44.4 Å². The number of hydrogen-bond acceptors (Lipinski definition) is 10. The molecule has 0 aliphatic rings. The first kappa shape index (κ1) is 95.8. The average molecular weight is 1820 g/mol. The molecule has 8 unspecified atom stereocenters. The van der Waals surface area contributed by atoms with Crippen LogP contribution in [0.15, 0.2) is 72.8 Å². The van der Waals surface area contributed by atoms with Crippen LogP contribution in [0, 0.1) is 50.2 Å². The lowest BCUT2D eigenvalue weighted by molar-refractivity contribution is 0.0600. The van der Waals surface area contributed by atoms with Gasteiger partial charge in [-0.05, 0) is 232 Å². The third-order valence-corrected chi connectivity index (χ3v) is 37.9. The van der Waals surface area contributed by atoms with Crippen molar-refractivity contribution in [3.8, 4) is 78.7 Å². The van der Waals surface area contributed by atoms with Gasteiger partial charge in [0.15, 0.2) is 0 Å². The van der Waals surface area contributed by atoms with Crippen molar-refractivity contribution in [3.05, 3.63) is 126 Å². The molecule has 0 spiro atoms. The van der Waals surface area contributed by atoms with E-state index in [1.807, 2.05) is 23.5 Å². The molecule has 0 aliphatic heterocycles. The van der Waals surface area contributed by atoms with Crippen LogP contribution in [0.25, 0.3) is 78.7 Å². The fourth-order valence-corrected chi connectivity index (χ4v) is 29.2. The molecule has 0 N–H and O–H groups in total. The Morgan fingerprint density at radius 1 is 0.270 bits per heavy atom. The summed E-state index contributed by atoms with van der Waals surface area (Å²) in [4.78, 5) is 35.3. The van der Waals surface area contributed by atoms with E-state index < -0.39 is 0 Å². The Bertz CT molecular complexity index is 4260. The molecule has 0 bridgehead atoms. The number of methoxy groups -OCH3 is 1. The summed E-state index contributed by atoms with van der Waals surface area (Å²) in [5.41, 5.74) is 14.4. The molecular formula is C104H151IO2S8. The second-order valence-electron chi connectivity index (χ2n) is 34.7. The monoisotopic (exact) mass is 1810 g/mol. The Hall–Kier alpha value is -2.98. The van der Waals surface area contributed by atoms with Crippen LogP contribution in [-0.2, 0) is 56.1 Å². The van der Waals surface area contributed by atoms with E-state index in [1.54, 1.807) is 63.3 Å². The number of carbonyl (C=O) groups is 1. The van der Waals surface area contributed by atoms with Crippen LogP contribution in [0.5, 0.6) is 0 Å². The van der Waals surface area contributed by atoms with Crippen LogP contribution < -0.4 is 0 Å². The predicted molar refractivity (Wildman–Crippen MR) is 533 cm³/mol. The highest BCUT2D eigenvalue weighted by molar-refractivity contribution is 14.1. The number of thiophene rings is 8. The third-order valence-electron chi connectivity index (χ3n) is 26.0. The first-order chi connectivity index (χ1) is 56.0. The summed E-state index contributed by atoms with van der Waals surface area (Å²) in [5.74, 6) is 5.05. The molecule has 8 heterocycles. The van der Waals surface area contributed by atoms with Crippen LogP contribution >= 0.6 is 113 Å². The van der Waals surface area contributed by atoms with Crippen molar-refractivity contribution < 1.29 is 9.53 Å². The van der Waals surface area contributed by atoms with E-state index in [2.05, 4.69) is 273 Å². The Morgan fingerprint density at radius 2 is 0.452 bits per heavy atom. The minimum Gasteiger partial charge on any atom is -0.465 e. The summed E-state index contributed by atoms with van der Waals surface area (Å²) in [5, 5.41) is 0. The molecule has 0 radical (unpaired) electrons. The lowest BCUT2D eigenvalue weighted by atomic mass is 9.90. The number of halogens is 1. The van der Waals surface area contributed by atoms with Gasteiger partial charge in [-0.15, -0.1) is 90.7 Å². The highest BCUT2D eigenvalue weighted by Crippen LogP contribution is 2.56. The predicted octanol–water partition coefficient (Wildman–Crippen LogP) is 38.0. The average Bonchev–Trinajstić information content (AvgIpc) is 1.60. The van der Waals surface area contributed by atoms with Crippen molar-refractivity contribution in [2.75, 3.05) is 7.11 Å². The molecule has 0 saturated carbocycles. The zero-order valence-electron chi connectivity index (χ0n) is 74.8. The van der Waals surface area contributed by atoms with Gasteiger partial charge in [0.2, 0.25) is 0 Å². The van der Waals surface area contributed by atoms with Gasteiger partial charge >= 0.3 is 5.97 Å². The molecule has 9 aromatic rings. The van der Waals surface area contributed by atoms with E-state index in [9.17, 15) is 4.79 Å². The molecule has 0 aliphatic carbocycles. The van der Waals surface area contributed by atoms with Gasteiger partial charge in [-0.1, -0.05) is 328 Å². The lowest BCUT2D eigenvalue weighted by Gasteiger charge is -2.15. The topological polar surface area (TPSA) is 26.3 Å². The van der Waals surface area contributed by atoms with Crippen LogP contribution in [-0.4, -0.2) is 13.1 Å². The van der Waals surface area contributed by atoms with Crippen molar-refractivity contribution in [1.82, 2.24) is 0 Å². The van der Waals surface area contributed by atoms with Crippen LogP contribution in [0.2, 0.25) is 0 Å². The number of esters is 1. The highest BCUT2D eigenvalue weighted by Gasteiger charge is 2.31. The second-order valence-corrected chi connectivity index (χ2v) is 44.9. The standard InChI is InChI=1S/C104H151IO2S8/c1-18-34-42-70(26-9)54-80-62-88(78-50-52-79(53-51-78)104(106)107-17)108-96(80)89-63-81(55-71(27-10)43-35-19-2)97(109-89)90-64-82(56-72(28-11)44-36-20-3)98(110-90)91-65-83(57-73(29-12)45-37-21-4)99(111-91)92-66-84(58-74(30-13)46-38-22-5)100(112-92)93-67-85(59-75(31-14)47-39-23-6)101(113-93)94-68-86(60-76(32-15)48-40-24-7)102(114-94)95-69-87(103(105)115-95)61-77(33-16)49-41-25-8/h50-53,62-77H,18-49,54-61H2,1-17H3. The van der Waals surface area contributed by atoms with E-state index in [0.29, 0.717) is 47.0 Å². The lowest BCUT2D eigenvalue weighted by Crippen LogP contribution is -2.04. The largest absolute Gasteiger partial charge is 0.465 e. The van der Waals surface area contributed by atoms with Gasteiger partial charge in [0.1, 0.15) is 0 Å². The normalized spacial score (nSPS) is 14.1.